The van der Waals surface area contributed by atoms with Crippen LogP contribution in [0.5, 0.6) is 0 Å². The van der Waals surface area contributed by atoms with Gasteiger partial charge < -0.3 is 0 Å². The molecule has 160 valence electrons. The second-order valence-electron chi connectivity index (χ2n) is 11.6. The summed E-state index contributed by atoms with van der Waals surface area (Å²) in [5.74, 6) is 4.66. The fraction of sp³-hybridized carbons (Fsp3) is 0.750. The van der Waals surface area contributed by atoms with Crippen LogP contribution >= 0.6 is 0 Å². The van der Waals surface area contributed by atoms with Gasteiger partial charge in [0, 0.05) is 6.42 Å². The molecular formula is C28H42O. The van der Waals surface area contributed by atoms with Crippen LogP contribution in [0.4, 0.5) is 0 Å². The van der Waals surface area contributed by atoms with Crippen LogP contribution in [-0.4, -0.2) is 5.78 Å². The summed E-state index contributed by atoms with van der Waals surface area (Å²) >= 11 is 0. The molecule has 29 heavy (non-hydrogen) atoms. The van der Waals surface area contributed by atoms with Crippen LogP contribution in [0.25, 0.3) is 0 Å². The average molecular weight is 395 g/mol. The first-order chi connectivity index (χ1) is 13.7. The van der Waals surface area contributed by atoms with Crippen molar-refractivity contribution in [3.05, 3.63) is 35.5 Å². The maximum atomic E-state index is 12.0. The van der Waals surface area contributed by atoms with E-state index >= 15 is 0 Å². The fourth-order valence-electron chi connectivity index (χ4n) is 7.47. The Hall–Kier alpha value is -1.11. The van der Waals surface area contributed by atoms with Crippen LogP contribution in [0.1, 0.15) is 86.5 Å². The van der Waals surface area contributed by atoms with Gasteiger partial charge in [-0.1, -0.05) is 70.9 Å². The fourth-order valence-corrected chi connectivity index (χ4v) is 7.47. The number of rotatable bonds is 4. The molecule has 0 heterocycles. The highest BCUT2D eigenvalue weighted by Crippen LogP contribution is 2.66. The van der Waals surface area contributed by atoms with Crippen molar-refractivity contribution in [2.75, 3.05) is 0 Å². The molecule has 0 aromatic carbocycles. The van der Waals surface area contributed by atoms with Crippen molar-refractivity contribution in [3.63, 3.8) is 0 Å². The monoisotopic (exact) mass is 394 g/mol. The van der Waals surface area contributed by atoms with Crippen molar-refractivity contribution in [2.45, 2.75) is 86.5 Å². The van der Waals surface area contributed by atoms with Crippen LogP contribution in [0.15, 0.2) is 35.5 Å². The van der Waals surface area contributed by atoms with Gasteiger partial charge in [-0.05, 0) is 90.9 Å². The van der Waals surface area contributed by atoms with Crippen molar-refractivity contribution in [3.8, 4) is 0 Å². The summed E-state index contributed by atoms with van der Waals surface area (Å²) in [4.78, 5) is 12.0. The zero-order valence-electron chi connectivity index (χ0n) is 19.6. The molecule has 1 heteroatoms. The van der Waals surface area contributed by atoms with E-state index in [9.17, 15) is 4.79 Å². The van der Waals surface area contributed by atoms with Gasteiger partial charge in [-0.2, -0.15) is 0 Å². The zero-order chi connectivity index (χ0) is 21.0. The Morgan fingerprint density at radius 1 is 1.00 bits per heavy atom. The molecule has 7 atom stereocenters. The lowest BCUT2D eigenvalue weighted by molar-refractivity contribution is -0.116. The van der Waals surface area contributed by atoms with E-state index in [0.717, 1.165) is 37.0 Å². The quantitative estimate of drug-likeness (QED) is 0.450. The summed E-state index contributed by atoms with van der Waals surface area (Å²) in [6.07, 6.45) is 17.9. The summed E-state index contributed by atoms with van der Waals surface area (Å²) in [7, 11) is 0. The smallest absolute Gasteiger partial charge is 0.155 e. The third kappa shape index (κ3) is 3.41. The SMILES string of the molecule is CC(C)[C@@H](C)/C=C/[C@@H](C)[C@@H]1CC[C@@H]2C3=CCC4=CC(=O)CC[C@]4(C)[C@@H]3CC[C@]21C. The maximum absolute atomic E-state index is 12.0. The molecule has 0 bridgehead atoms. The number of carbonyl (C=O) groups excluding carboxylic acids is 1. The first-order valence-corrected chi connectivity index (χ1v) is 12.3. The zero-order valence-corrected chi connectivity index (χ0v) is 19.6. The first kappa shape index (κ1) is 21.1. The van der Waals surface area contributed by atoms with Gasteiger partial charge >= 0.3 is 0 Å². The van der Waals surface area contributed by atoms with Crippen molar-refractivity contribution >= 4 is 5.78 Å². The Bertz CT molecular complexity index is 752. The average Bonchev–Trinajstić information content (AvgIpc) is 3.03. The lowest BCUT2D eigenvalue weighted by Gasteiger charge is -2.54. The minimum Gasteiger partial charge on any atom is -0.295 e. The van der Waals surface area contributed by atoms with Crippen molar-refractivity contribution in [2.24, 2.45) is 46.3 Å². The van der Waals surface area contributed by atoms with Gasteiger partial charge in [-0.15, -0.1) is 0 Å². The number of fused-ring (bicyclic) bond motifs is 5. The first-order valence-electron chi connectivity index (χ1n) is 12.3. The number of hydrogen-bond donors (Lipinski definition) is 0. The molecular weight excluding hydrogens is 352 g/mol. The molecule has 4 aliphatic rings. The summed E-state index contributed by atoms with van der Waals surface area (Å²) in [5, 5.41) is 0. The molecule has 2 fully saturated rings. The molecule has 0 aromatic heterocycles. The highest BCUT2D eigenvalue weighted by Gasteiger charge is 2.56. The van der Waals surface area contributed by atoms with E-state index in [1.165, 1.54) is 31.3 Å². The summed E-state index contributed by atoms with van der Waals surface area (Å²) in [5.41, 5.74) is 3.91. The highest BCUT2D eigenvalue weighted by atomic mass is 16.1. The predicted molar refractivity (Wildman–Crippen MR) is 122 cm³/mol. The van der Waals surface area contributed by atoms with E-state index in [4.69, 9.17) is 0 Å². The topological polar surface area (TPSA) is 17.1 Å². The molecule has 2 saturated carbocycles. The Morgan fingerprint density at radius 2 is 1.76 bits per heavy atom. The van der Waals surface area contributed by atoms with Crippen LogP contribution in [-0.2, 0) is 4.79 Å². The molecule has 0 saturated heterocycles. The molecule has 0 unspecified atom stereocenters. The van der Waals surface area contributed by atoms with E-state index in [1.807, 2.05) is 6.08 Å². The number of allylic oxidation sites excluding steroid dienone is 6. The minimum atomic E-state index is 0.246. The van der Waals surface area contributed by atoms with Gasteiger partial charge in [0.25, 0.3) is 0 Å². The molecule has 0 aromatic rings. The van der Waals surface area contributed by atoms with Gasteiger partial charge in [0.15, 0.2) is 5.78 Å². The third-order valence-electron chi connectivity index (χ3n) is 9.88. The molecule has 0 aliphatic heterocycles. The Kier molecular flexibility index (Phi) is 5.50. The van der Waals surface area contributed by atoms with Gasteiger partial charge in [-0.25, -0.2) is 0 Å². The largest absolute Gasteiger partial charge is 0.295 e. The van der Waals surface area contributed by atoms with Crippen LogP contribution in [0, 0.1) is 46.3 Å². The number of hydrogen-bond acceptors (Lipinski definition) is 1. The Labute approximate surface area is 179 Å². The lowest BCUT2D eigenvalue weighted by atomic mass is 9.50. The lowest BCUT2D eigenvalue weighted by Crippen LogP contribution is -2.46. The van der Waals surface area contributed by atoms with E-state index in [-0.39, 0.29) is 5.41 Å². The van der Waals surface area contributed by atoms with Crippen molar-refractivity contribution in [1.29, 1.82) is 0 Å². The van der Waals surface area contributed by atoms with E-state index in [1.54, 1.807) is 5.57 Å². The molecule has 0 spiro atoms. The van der Waals surface area contributed by atoms with E-state index in [2.05, 4.69) is 59.8 Å². The summed E-state index contributed by atoms with van der Waals surface area (Å²) < 4.78 is 0. The molecule has 0 amide bonds. The molecule has 4 aliphatic carbocycles. The second-order valence-corrected chi connectivity index (χ2v) is 11.6. The van der Waals surface area contributed by atoms with Crippen molar-refractivity contribution in [1.82, 2.24) is 0 Å². The van der Waals surface area contributed by atoms with Crippen molar-refractivity contribution < 1.29 is 4.79 Å². The second kappa shape index (κ2) is 7.54. The highest BCUT2D eigenvalue weighted by molar-refractivity contribution is 5.91. The van der Waals surface area contributed by atoms with Gasteiger partial charge in [0.05, 0.1) is 0 Å². The Morgan fingerprint density at radius 3 is 2.48 bits per heavy atom. The molecule has 0 radical (unpaired) electrons. The van der Waals surface area contributed by atoms with Crippen LogP contribution in [0.2, 0.25) is 0 Å². The third-order valence-corrected chi connectivity index (χ3v) is 9.88. The van der Waals surface area contributed by atoms with Gasteiger partial charge in [0.2, 0.25) is 0 Å². The van der Waals surface area contributed by atoms with Gasteiger partial charge in [-0.3, -0.25) is 4.79 Å². The maximum Gasteiger partial charge on any atom is 0.155 e. The van der Waals surface area contributed by atoms with Crippen LogP contribution < -0.4 is 0 Å². The molecule has 0 N–H and O–H groups in total. The van der Waals surface area contributed by atoms with E-state index < -0.39 is 0 Å². The van der Waals surface area contributed by atoms with Gasteiger partial charge in [0.1, 0.15) is 0 Å². The number of ketones is 1. The Balaban J connectivity index is 1.57. The minimum absolute atomic E-state index is 0.246. The van der Waals surface area contributed by atoms with Crippen LogP contribution in [0.3, 0.4) is 0 Å². The number of carbonyl (C=O) groups is 1. The van der Waals surface area contributed by atoms with E-state index in [0.29, 0.717) is 29.0 Å². The molecule has 1 nitrogen and oxygen atoms in total. The standard InChI is InChI=1S/C28H42O/c1-18(2)19(3)7-8-20(4)24-11-12-25-23-10-9-21-17-22(29)13-15-27(21,5)26(23)14-16-28(24,25)6/h7-8,10,17-20,24-26H,9,11-16H2,1-6H3/b8-7+/t19-,20+,24-,25+,26+,27-,28-/m0/s1. The summed E-state index contributed by atoms with van der Waals surface area (Å²) in [6, 6.07) is 0. The normalized spacial score (nSPS) is 41.5. The summed E-state index contributed by atoms with van der Waals surface area (Å²) in [6.45, 7) is 14.6. The predicted octanol–water partition coefficient (Wildman–Crippen LogP) is 7.54. The molecule has 4 rings (SSSR count).